The monoisotopic (exact) mass is 252 g/mol. The molecule has 0 saturated heterocycles. The molecular weight excluding hydrogens is 244 g/mol. The van der Waals surface area contributed by atoms with Crippen LogP contribution in [0.3, 0.4) is 0 Å². The van der Waals surface area contributed by atoms with Crippen LogP contribution in [0.4, 0.5) is 0 Å². The van der Waals surface area contributed by atoms with Gasteiger partial charge in [-0.3, -0.25) is 4.57 Å². The van der Waals surface area contributed by atoms with Gasteiger partial charge in [-0.25, -0.2) is 9.59 Å². The Labute approximate surface area is 101 Å². The van der Waals surface area contributed by atoms with Crippen molar-refractivity contribution in [2.75, 3.05) is 0 Å². The van der Waals surface area contributed by atoms with Crippen molar-refractivity contribution in [2.24, 2.45) is 0 Å². The molecule has 0 radical (unpaired) electrons. The lowest BCUT2D eigenvalue weighted by Crippen LogP contribution is -2.21. The van der Waals surface area contributed by atoms with Gasteiger partial charge in [0, 0.05) is 11.2 Å². The van der Waals surface area contributed by atoms with E-state index in [0.29, 0.717) is 10.6 Å². The number of hydrogen-bond acceptors (Lipinski definition) is 2. The minimum absolute atomic E-state index is 0.0880. The Morgan fingerprint density at radius 3 is 2.76 bits per heavy atom. The number of halogens is 1. The topological polar surface area (TPSA) is 75.1 Å². The maximum absolute atomic E-state index is 11.5. The number of hydrogen-bond donors (Lipinski definition) is 2. The summed E-state index contributed by atoms with van der Waals surface area (Å²) in [5, 5.41) is 9.41. The minimum atomic E-state index is -1.16. The van der Waals surface area contributed by atoms with Crippen LogP contribution in [0.1, 0.15) is 16.1 Å². The largest absolute Gasteiger partial charge is 0.477 e. The lowest BCUT2D eigenvalue weighted by Gasteiger charge is -2.06. The SMILES string of the molecule is O=C(O)c1c[nH]c(=O)n1Cc1ccccc1Cl. The van der Waals surface area contributed by atoms with Gasteiger partial charge in [0.25, 0.3) is 0 Å². The number of carbonyl (C=O) groups is 1. The number of carboxylic acids is 1. The van der Waals surface area contributed by atoms with E-state index in [0.717, 1.165) is 4.57 Å². The van der Waals surface area contributed by atoms with Crippen LogP contribution in [0.15, 0.2) is 35.3 Å². The first kappa shape index (κ1) is 11.5. The van der Waals surface area contributed by atoms with E-state index in [1.807, 2.05) is 0 Å². The Bertz CT molecular complexity index is 615. The number of nitrogens with zero attached hydrogens (tertiary/aromatic N) is 1. The van der Waals surface area contributed by atoms with Crippen LogP contribution in [0.2, 0.25) is 5.02 Å². The zero-order valence-electron chi connectivity index (χ0n) is 8.68. The van der Waals surface area contributed by atoms with Gasteiger partial charge in [0.2, 0.25) is 0 Å². The van der Waals surface area contributed by atoms with Crippen LogP contribution >= 0.6 is 11.6 Å². The van der Waals surface area contributed by atoms with Gasteiger partial charge in [-0.2, -0.15) is 0 Å². The van der Waals surface area contributed by atoms with Crippen molar-refractivity contribution in [3.05, 3.63) is 57.2 Å². The van der Waals surface area contributed by atoms with Crippen LogP contribution in [-0.4, -0.2) is 20.6 Å². The van der Waals surface area contributed by atoms with Gasteiger partial charge in [0.05, 0.1) is 6.54 Å². The van der Waals surface area contributed by atoms with Crippen molar-refractivity contribution in [1.29, 1.82) is 0 Å². The Kier molecular flexibility index (Phi) is 3.01. The van der Waals surface area contributed by atoms with E-state index in [1.165, 1.54) is 6.20 Å². The lowest BCUT2D eigenvalue weighted by atomic mass is 10.2. The summed E-state index contributed by atoms with van der Waals surface area (Å²) < 4.78 is 1.13. The molecule has 1 aromatic heterocycles. The molecule has 0 aliphatic carbocycles. The molecule has 1 heterocycles. The molecule has 2 N–H and O–H groups in total. The molecule has 0 aliphatic heterocycles. The molecule has 0 bridgehead atoms. The van der Waals surface area contributed by atoms with Crippen LogP contribution in [0.5, 0.6) is 0 Å². The molecule has 0 spiro atoms. The van der Waals surface area contributed by atoms with E-state index in [1.54, 1.807) is 24.3 Å². The van der Waals surface area contributed by atoms with Crippen LogP contribution in [0.25, 0.3) is 0 Å². The molecule has 5 nitrogen and oxygen atoms in total. The molecule has 0 atom stereocenters. The molecule has 88 valence electrons. The molecule has 17 heavy (non-hydrogen) atoms. The van der Waals surface area contributed by atoms with Gasteiger partial charge in [-0.15, -0.1) is 0 Å². The maximum Gasteiger partial charge on any atom is 0.354 e. The highest BCUT2D eigenvalue weighted by Gasteiger charge is 2.13. The summed E-state index contributed by atoms with van der Waals surface area (Å²) in [6, 6.07) is 6.98. The fourth-order valence-corrected chi connectivity index (χ4v) is 1.72. The lowest BCUT2D eigenvalue weighted by molar-refractivity contribution is 0.0685. The zero-order valence-corrected chi connectivity index (χ0v) is 9.44. The second kappa shape index (κ2) is 4.47. The van der Waals surface area contributed by atoms with E-state index in [2.05, 4.69) is 4.98 Å². The summed E-state index contributed by atoms with van der Waals surface area (Å²) in [5.41, 5.74) is 0.135. The van der Waals surface area contributed by atoms with E-state index in [-0.39, 0.29) is 12.2 Å². The number of rotatable bonds is 3. The third-order valence-corrected chi connectivity index (χ3v) is 2.74. The molecule has 0 saturated carbocycles. The maximum atomic E-state index is 11.5. The number of imidazole rings is 1. The number of nitrogens with one attached hydrogen (secondary N) is 1. The van der Waals surface area contributed by atoms with Crippen molar-refractivity contribution < 1.29 is 9.90 Å². The Morgan fingerprint density at radius 1 is 1.41 bits per heavy atom. The molecule has 1 aromatic carbocycles. The van der Waals surface area contributed by atoms with Crippen molar-refractivity contribution >= 4 is 17.6 Å². The fraction of sp³-hybridized carbons (Fsp3) is 0.0909. The Hall–Kier alpha value is -2.01. The van der Waals surface area contributed by atoms with Crippen molar-refractivity contribution in [2.45, 2.75) is 6.54 Å². The van der Waals surface area contributed by atoms with Gasteiger partial charge in [-0.1, -0.05) is 29.8 Å². The number of aromatic amines is 1. The summed E-state index contributed by atoms with van der Waals surface area (Å²) in [5.74, 6) is -1.16. The van der Waals surface area contributed by atoms with Gasteiger partial charge < -0.3 is 10.1 Å². The summed E-state index contributed by atoms with van der Waals surface area (Å²) in [4.78, 5) is 24.7. The molecule has 0 fully saturated rings. The number of aromatic nitrogens is 2. The van der Waals surface area contributed by atoms with Crippen LogP contribution in [0, 0.1) is 0 Å². The third-order valence-electron chi connectivity index (χ3n) is 2.37. The van der Waals surface area contributed by atoms with Crippen LogP contribution < -0.4 is 5.69 Å². The first-order valence-corrected chi connectivity index (χ1v) is 5.22. The predicted molar refractivity (Wildman–Crippen MR) is 62.6 cm³/mol. The standard InChI is InChI=1S/C11H9ClN2O3/c12-8-4-2-1-3-7(8)6-14-9(10(15)16)5-13-11(14)17/h1-5H,6H2,(H,13,17)(H,15,16). The first-order chi connectivity index (χ1) is 8.09. The summed E-state index contributed by atoms with van der Waals surface area (Å²) in [6.07, 6.45) is 1.17. The smallest absolute Gasteiger partial charge is 0.354 e. The van der Waals surface area contributed by atoms with Crippen molar-refractivity contribution in [3.63, 3.8) is 0 Å². The van der Waals surface area contributed by atoms with Gasteiger partial charge in [0.1, 0.15) is 5.69 Å². The van der Waals surface area contributed by atoms with E-state index in [4.69, 9.17) is 16.7 Å². The second-order valence-corrected chi connectivity index (χ2v) is 3.87. The normalized spacial score (nSPS) is 10.4. The molecular formula is C11H9ClN2O3. The molecule has 0 amide bonds. The molecule has 6 heteroatoms. The molecule has 0 aliphatic rings. The van der Waals surface area contributed by atoms with Gasteiger partial charge in [0.15, 0.2) is 0 Å². The Morgan fingerprint density at radius 2 is 2.12 bits per heavy atom. The number of carboxylic acid groups (broad SMARTS) is 1. The fourth-order valence-electron chi connectivity index (χ4n) is 1.53. The van der Waals surface area contributed by atoms with Crippen LogP contribution in [-0.2, 0) is 6.54 Å². The van der Waals surface area contributed by atoms with Crippen molar-refractivity contribution in [1.82, 2.24) is 9.55 Å². The quantitative estimate of drug-likeness (QED) is 0.871. The Balaban J connectivity index is 2.43. The number of benzene rings is 1. The van der Waals surface area contributed by atoms with Crippen molar-refractivity contribution in [3.8, 4) is 0 Å². The predicted octanol–water partition coefficient (Wildman–Crippen LogP) is 1.58. The summed E-state index contributed by atoms with van der Waals surface area (Å²) in [7, 11) is 0. The highest BCUT2D eigenvalue weighted by molar-refractivity contribution is 6.31. The average Bonchev–Trinajstić information content (AvgIpc) is 2.64. The molecule has 2 rings (SSSR count). The number of H-pyrrole nitrogens is 1. The highest BCUT2D eigenvalue weighted by atomic mass is 35.5. The average molecular weight is 253 g/mol. The van der Waals surface area contributed by atoms with E-state index < -0.39 is 11.7 Å². The summed E-state index contributed by atoms with van der Waals surface area (Å²) in [6.45, 7) is 0.129. The number of aromatic carboxylic acids is 1. The summed E-state index contributed by atoms with van der Waals surface area (Å²) >= 11 is 5.95. The molecule has 2 aromatic rings. The second-order valence-electron chi connectivity index (χ2n) is 3.46. The zero-order chi connectivity index (χ0) is 12.4. The van der Waals surface area contributed by atoms with E-state index in [9.17, 15) is 9.59 Å². The van der Waals surface area contributed by atoms with Gasteiger partial charge >= 0.3 is 11.7 Å². The highest BCUT2D eigenvalue weighted by Crippen LogP contribution is 2.16. The first-order valence-electron chi connectivity index (χ1n) is 4.84. The molecule has 0 unspecified atom stereocenters. The van der Waals surface area contributed by atoms with E-state index >= 15 is 0 Å². The third kappa shape index (κ3) is 2.24. The minimum Gasteiger partial charge on any atom is -0.477 e. The van der Waals surface area contributed by atoms with Gasteiger partial charge in [-0.05, 0) is 11.6 Å².